The van der Waals surface area contributed by atoms with Crippen molar-refractivity contribution in [1.82, 2.24) is 4.90 Å². The normalized spacial score (nSPS) is 31.0. The molecule has 1 aromatic rings. The zero-order valence-electron chi connectivity index (χ0n) is 12.6. The number of rotatable bonds is 2. The van der Waals surface area contributed by atoms with Gasteiger partial charge in [-0.15, -0.1) is 0 Å². The molecule has 3 aliphatic heterocycles. The van der Waals surface area contributed by atoms with Gasteiger partial charge in [0.1, 0.15) is 0 Å². The number of aryl methyl sites for hydroxylation is 1. The summed E-state index contributed by atoms with van der Waals surface area (Å²) in [4.78, 5) is 14.7. The molecule has 0 saturated carbocycles. The first-order valence-electron chi connectivity index (χ1n) is 8.41. The van der Waals surface area contributed by atoms with Crippen molar-refractivity contribution in [3.05, 3.63) is 34.4 Å². The molecule has 4 aliphatic rings. The van der Waals surface area contributed by atoms with Gasteiger partial charge >= 0.3 is 0 Å². The zero-order chi connectivity index (χ0) is 14.4. The minimum Gasteiger partial charge on any atom is -0.366 e. The Bertz CT molecular complexity index is 573. The summed E-state index contributed by atoms with van der Waals surface area (Å²) >= 11 is 0. The highest BCUT2D eigenvalue weighted by Crippen LogP contribution is 2.41. The van der Waals surface area contributed by atoms with Gasteiger partial charge in [0, 0.05) is 18.0 Å². The maximum absolute atomic E-state index is 12.2. The van der Waals surface area contributed by atoms with E-state index in [4.69, 9.17) is 5.73 Å². The summed E-state index contributed by atoms with van der Waals surface area (Å²) in [6.07, 6.45) is 7.12. The third-order valence-electron chi connectivity index (χ3n) is 5.87. The molecule has 3 heteroatoms. The number of nitrogens with two attached hydrogens (primary N) is 1. The molecule has 5 rings (SSSR count). The van der Waals surface area contributed by atoms with Crippen molar-refractivity contribution in [2.75, 3.05) is 19.6 Å². The van der Waals surface area contributed by atoms with Crippen LogP contribution < -0.4 is 5.73 Å². The summed E-state index contributed by atoms with van der Waals surface area (Å²) in [6.45, 7) is 3.58. The molecule has 0 spiro atoms. The summed E-state index contributed by atoms with van der Waals surface area (Å²) in [5.41, 5.74) is 10.5. The van der Waals surface area contributed by atoms with Gasteiger partial charge in [-0.2, -0.15) is 0 Å². The largest absolute Gasteiger partial charge is 0.366 e. The highest BCUT2D eigenvalue weighted by Gasteiger charge is 2.37. The molecule has 1 aromatic carbocycles. The molecule has 3 nitrogen and oxygen atoms in total. The van der Waals surface area contributed by atoms with Crippen LogP contribution >= 0.6 is 0 Å². The quantitative estimate of drug-likeness (QED) is 0.907. The van der Waals surface area contributed by atoms with Gasteiger partial charge in [-0.05, 0) is 74.2 Å². The lowest BCUT2D eigenvalue weighted by atomic mass is 9.72. The van der Waals surface area contributed by atoms with Crippen LogP contribution in [-0.2, 0) is 12.8 Å². The first-order valence-corrected chi connectivity index (χ1v) is 8.41. The van der Waals surface area contributed by atoms with Crippen molar-refractivity contribution in [3.63, 3.8) is 0 Å². The van der Waals surface area contributed by atoms with Crippen LogP contribution in [0.5, 0.6) is 0 Å². The first kappa shape index (κ1) is 13.3. The Hall–Kier alpha value is -1.35. The Balaban J connectivity index is 1.79. The Labute approximate surface area is 126 Å². The van der Waals surface area contributed by atoms with Gasteiger partial charge < -0.3 is 10.6 Å². The molecule has 112 valence electrons. The van der Waals surface area contributed by atoms with Gasteiger partial charge in [-0.1, -0.05) is 12.1 Å². The van der Waals surface area contributed by atoms with E-state index in [1.165, 1.54) is 55.5 Å². The van der Waals surface area contributed by atoms with Gasteiger partial charge in [0.15, 0.2) is 0 Å². The van der Waals surface area contributed by atoms with Crippen LogP contribution in [0.4, 0.5) is 0 Å². The van der Waals surface area contributed by atoms with Crippen LogP contribution in [0.1, 0.15) is 58.6 Å². The number of nitrogens with zero attached hydrogens (tertiary/aromatic N) is 1. The second-order valence-electron chi connectivity index (χ2n) is 6.98. The van der Waals surface area contributed by atoms with Gasteiger partial charge in [-0.25, -0.2) is 0 Å². The fourth-order valence-electron chi connectivity index (χ4n) is 4.76. The Kier molecular flexibility index (Phi) is 3.26. The lowest BCUT2D eigenvalue weighted by Crippen LogP contribution is -2.46. The number of piperidine rings is 3. The van der Waals surface area contributed by atoms with Crippen LogP contribution in [0, 0.1) is 5.92 Å². The summed E-state index contributed by atoms with van der Waals surface area (Å²) in [6, 6.07) is 4.49. The molecule has 1 aliphatic carbocycles. The van der Waals surface area contributed by atoms with E-state index in [9.17, 15) is 4.79 Å². The number of fused-ring (bicyclic) bond motifs is 4. The average Bonchev–Trinajstić information content (AvgIpc) is 2.54. The van der Waals surface area contributed by atoms with Crippen LogP contribution in [0.15, 0.2) is 12.1 Å². The van der Waals surface area contributed by atoms with Crippen molar-refractivity contribution in [1.29, 1.82) is 0 Å². The van der Waals surface area contributed by atoms with Gasteiger partial charge in [0.2, 0.25) is 5.91 Å². The van der Waals surface area contributed by atoms with E-state index in [1.807, 2.05) is 0 Å². The highest BCUT2D eigenvalue weighted by atomic mass is 16.1. The third-order valence-corrected chi connectivity index (χ3v) is 5.87. The number of carbonyl (C=O) groups is 1. The predicted molar refractivity (Wildman–Crippen MR) is 83.5 cm³/mol. The maximum atomic E-state index is 12.2. The van der Waals surface area contributed by atoms with Gasteiger partial charge in [0.05, 0.1) is 0 Å². The molecular formula is C18H24N2O. The number of hydrogen-bond donors (Lipinski definition) is 1. The minimum atomic E-state index is -0.208. The summed E-state index contributed by atoms with van der Waals surface area (Å²) in [5, 5.41) is 0. The van der Waals surface area contributed by atoms with Crippen molar-refractivity contribution in [2.45, 2.75) is 44.4 Å². The van der Waals surface area contributed by atoms with Gasteiger partial charge in [0.25, 0.3) is 0 Å². The number of carbonyl (C=O) groups excluding carboxylic acids is 1. The summed E-state index contributed by atoms with van der Waals surface area (Å²) in [7, 11) is 0. The van der Waals surface area contributed by atoms with E-state index < -0.39 is 0 Å². The van der Waals surface area contributed by atoms with E-state index in [0.717, 1.165) is 30.9 Å². The second kappa shape index (κ2) is 5.13. The fourth-order valence-corrected chi connectivity index (χ4v) is 4.76. The molecular weight excluding hydrogens is 260 g/mol. The molecule has 1 atom stereocenters. The van der Waals surface area contributed by atoms with E-state index in [1.54, 1.807) is 0 Å². The van der Waals surface area contributed by atoms with Crippen LogP contribution in [0.2, 0.25) is 0 Å². The molecule has 2 bridgehead atoms. The number of benzene rings is 1. The molecule has 0 unspecified atom stereocenters. The van der Waals surface area contributed by atoms with Crippen molar-refractivity contribution >= 4 is 5.91 Å². The zero-order valence-corrected chi connectivity index (χ0v) is 12.6. The standard InChI is InChI=1S/C18H24N2O/c19-18(21)17-14-4-2-1-3-12(14)5-6-15(17)16-11-20-9-7-13(16)8-10-20/h5-6,13,16H,1-4,7-11H2,(H2,19,21)/t16-/m0/s1. The average molecular weight is 284 g/mol. The van der Waals surface area contributed by atoms with Crippen LogP contribution in [0.25, 0.3) is 0 Å². The topological polar surface area (TPSA) is 46.3 Å². The lowest BCUT2D eigenvalue weighted by molar-refractivity contribution is 0.0855. The second-order valence-corrected chi connectivity index (χ2v) is 6.98. The van der Waals surface area contributed by atoms with E-state index in [2.05, 4.69) is 17.0 Å². The third kappa shape index (κ3) is 2.18. The Morgan fingerprint density at radius 1 is 1.14 bits per heavy atom. The van der Waals surface area contributed by atoms with E-state index in [-0.39, 0.29) is 5.91 Å². The Morgan fingerprint density at radius 3 is 2.57 bits per heavy atom. The van der Waals surface area contributed by atoms with Gasteiger partial charge in [-0.3, -0.25) is 4.79 Å². The molecule has 3 fully saturated rings. The highest BCUT2D eigenvalue weighted by molar-refractivity contribution is 5.96. The Morgan fingerprint density at radius 2 is 1.90 bits per heavy atom. The minimum absolute atomic E-state index is 0.208. The number of hydrogen-bond acceptors (Lipinski definition) is 2. The molecule has 1 amide bonds. The van der Waals surface area contributed by atoms with Crippen molar-refractivity contribution in [3.8, 4) is 0 Å². The predicted octanol–water partition coefficient (Wildman–Crippen LogP) is 2.47. The molecule has 3 saturated heterocycles. The van der Waals surface area contributed by atoms with Crippen molar-refractivity contribution < 1.29 is 4.79 Å². The fraction of sp³-hybridized carbons (Fsp3) is 0.611. The van der Waals surface area contributed by atoms with E-state index in [0.29, 0.717) is 5.92 Å². The number of primary amides is 1. The van der Waals surface area contributed by atoms with Crippen LogP contribution in [-0.4, -0.2) is 30.4 Å². The smallest absolute Gasteiger partial charge is 0.249 e. The van der Waals surface area contributed by atoms with Crippen LogP contribution in [0.3, 0.4) is 0 Å². The molecule has 0 radical (unpaired) electrons. The summed E-state index contributed by atoms with van der Waals surface area (Å²) in [5.74, 6) is 1.05. The lowest BCUT2D eigenvalue weighted by Gasteiger charge is -2.45. The number of amides is 1. The molecule has 2 N–H and O–H groups in total. The maximum Gasteiger partial charge on any atom is 0.249 e. The monoisotopic (exact) mass is 284 g/mol. The molecule has 21 heavy (non-hydrogen) atoms. The van der Waals surface area contributed by atoms with E-state index >= 15 is 0 Å². The molecule has 0 aromatic heterocycles. The first-order chi connectivity index (χ1) is 10.2. The SMILES string of the molecule is NC(=O)c1c([C@H]2CN3CCC2CC3)ccc2c1CCCC2. The molecule has 3 heterocycles. The summed E-state index contributed by atoms with van der Waals surface area (Å²) < 4.78 is 0. The van der Waals surface area contributed by atoms with Crippen molar-refractivity contribution in [2.24, 2.45) is 11.7 Å².